The second-order valence-electron chi connectivity index (χ2n) is 4.01. The number of hydrogen-bond donors (Lipinski definition) is 1. The molecule has 1 aromatic heterocycles. The van der Waals surface area contributed by atoms with Crippen LogP contribution in [0.3, 0.4) is 0 Å². The van der Waals surface area contributed by atoms with Crippen molar-refractivity contribution in [2.24, 2.45) is 0 Å². The van der Waals surface area contributed by atoms with Gasteiger partial charge in [-0.1, -0.05) is 46.4 Å². The first kappa shape index (κ1) is 15.4. The molecule has 0 aliphatic rings. The van der Waals surface area contributed by atoms with Gasteiger partial charge in [0.05, 0.1) is 21.5 Å². The summed E-state index contributed by atoms with van der Waals surface area (Å²) < 4.78 is 0. The van der Waals surface area contributed by atoms with Gasteiger partial charge in [-0.25, -0.2) is 4.98 Å². The van der Waals surface area contributed by atoms with E-state index in [9.17, 15) is 4.79 Å². The lowest BCUT2D eigenvalue weighted by Gasteiger charge is -2.08. The van der Waals surface area contributed by atoms with Gasteiger partial charge in [-0.15, -0.1) is 0 Å². The lowest BCUT2D eigenvalue weighted by Crippen LogP contribution is -2.01. The SMILES string of the molecule is O=C(O)Cc1cnc(Cl)c(-c2cc(Cl)c(Cl)c(Cl)c2)c1. The van der Waals surface area contributed by atoms with E-state index >= 15 is 0 Å². The first-order valence-electron chi connectivity index (χ1n) is 5.39. The van der Waals surface area contributed by atoms with Crippen molar-refractivity contribution in [3.8, 4) is 11.1 Å². The molecule has 0 atom stereocenters. The van der Waals surface area contributed by atoms with Crippen LogP contribution in [0.25, 0.3) is 11.1 Å². The summed E-state index contributed by atoms with van der Waals surface area (Å²) in [5, 5.41) is 9.86. The average molecular weight is 351 g/mol. The Balaban J connectivity index is 2.54. The number of carboxylic acid groups (broad SMARTS) is 1. The Morgan fingerprint density at radius 1 is 1.10 bits per heavy atom. The van der Waals surface area contributed by atoms with Gasteiger partial charge in [0.2, 0.25) is 0 Å². The van der Waals surface area contributed by atoms with Crippen LogP contribution in [0.1, 0.15) is 5.56 Å². The molecular formula is C13H7Cl4NO2. The molecule has 0 amide bonds. The van der Waals surface area contributed by atoms with Gasteiger partial charge in [0.1, 0.15) is 5.15 Å². The van der Waals surface area contributed by atoms with Crippen molar-refractivity contribution in [3.05, 3.63) is 50.2 Å². The van der Waals surface area contributed by atoms with Crippen LogP contribution in [-0.2, 0) is 11.2 Å². The normalized spacial score (nSPS) is 10.6. The highest BCUT2D eigenvalue weighted by atomic mass is 35.5. The molecule has 0 unspecified atom stereocenters. The fourth-order valence-electron chi connectivity index (χ4n) is 1.68. The van der Waals surface area contributed by atoms with Gasteiger partial charge in [-0.3, -0.25) is 4.79 Å². The minimum atomic E-state index is -0.952. The predicted octanol–water partition coefficient (Wildman–Crippen LogP) is 4.99. The van der Waals surface area contributed by atoms with E-state index in [1.165, 1.54) is 6.20 Å². The van der Waals surface area contributed by atoms with Crippen LogP contribution in [0.2, 0.25) is 20.2 Å². The van der Waals surface area contributed by atoms with E-state index in [4.69, 9.17) is 51.5 Å². The van der Waals surface area contributed by atoms with Crippen molar-refractivity contribution in [1.82, 2.24) is 4.98 Å². The maximum absolute atomic E-state index is 10.7. The number of halogens is 4. The maximum Gasteiger partial charge on any atom is 0.307 e. The van der Waals surface area contributed by atoms with E-state index in [-0.39, 0.29) is 26.6 Å². The van der Waals surface area contributed by atoms with E-state index in [0.717, 1.165) is 0 Å². The molecule has 3 nitrogen and oxygen atoms in total. The third-order valence-corrected chi connectivity index (χ3v) is 4.04. The lowest BCUT2D eigenvalue weighted by molar-refractivity contribution is -0.136. The van der Waals surface area contributed by atoms with Crippen LogP contribution < -0.4 is 0 Å². The molecule has 0 fully saturated rings. The largest absolute Gasteiger partial charge is 0.481 e. The monoisotopic (exact) mass is 349 g/mol. The summed E-state index contributed by atoms with van der Waals surface area (Å²) in [5.74, 6) is -0.952. The van der Waals surface area contributed by atoms with Gasteiger partial charge >= 0.3 is 5.97 Å². The van der Waals surface area contributed by atoms with Crippen molar-refractivity contribution >= 4 is 52.4 Å². The molecule has 20 heavy (non-hydrogen) atoms. The molecule has 0 aliphatic carbocycles. The topological polar surface area (TPSA) is 50.2 Å². The van der Waals surface area contributed by atoms with Crippen molar-refractivity contribution < 1.29 is 9.90 Å². The number of benzene rings is 1. The van der Waals surface area contributed by atoms with Crippen molar-refractivity contribution in [2.45, 2.75) is 6.42 Å². The molecule has 2 rings (SSSR count). The summed E-state index contributed by atoms with van der Waals surface area (Å²) in [7, 11) is 0. The second kappa shape index (κ2) is 6.19. The second-order valence-corrected chi connectivity index (χ2v) is 5.56. The van der Waals surface area contributed by atoms with Crippen molar-refractivity contribution in [1.29, 1.82) is 0 Å². The van der Waals surface area contributed by atoms with E-state index < -0.39 is 5.97 Å². The maximum atomic E-state index is 10.7. The summed E-state index contributed by atoms with van der Waals surface area (Å²) in [6.07, 6.45) is 1.27. The van der Waals surface area contributed by atoms with Crippen LogP contribution in [0.15, 0.2) is 24.4 Å². The first-order chi connectivity index (χ1) is 9.38. The number of hydrogen-bond acceptors (Lipinski definition) is 2. The Bertz CT molecular complexity index is 665. The predicted molar refractivity (Wildman–Crippen MR) is 81.1 cm³/mol. The molecule has 1 N–H and O–H groups in total. The van der Waals surface area contributed by atoms with E-state index in [0.29, 0.717) is 16.7 Å². The van der Waals surface area contributed by atoms with Gasteiger partial charge in [0, 0.05) is 11.8 Å². The Hall–Kier alpha value is -1.000. The highest BCUT2D eigenvalue weighted by Crippen LogP contribution is 2.37. The smallest absolute Gasteiger partial charge is 0.307 e. The Morgan fingerprint density at radius 3 is 2.25 bits per heavy atom. The van der Waals surface area contributed by atoms with Gasteiger partial charge in [0.15, 0.2) is 0 Å². The average Bonchev–Trinajstić information content (AvgIpc) is 2.37. The lowest BCUT2D eigenvalue weighted by atomic mass is 10.0. The molecule has 2 aromatic rings. The Labute approximate surface area is 135 Å². The fraction of sp³-hybridized carbons (Fsp3) is 0.0769. The van der Waals surface area contributed by atoms with Gasteiger partial charge in [-0.2, -0.15) is 0 Å². The Morgan fingerprint density at radius 2 is 1.70 bits per heavy atom. The summed E-state index contributed by atoms with van der Waals surface area (Å²) in [6, 6.07) is 4.84. The molecule has 0 aliphatic heterocycles. The third kappa shape index (κ3) is 3.36. The van der Waals surface area contributed by atoms with Gasteiger partial charge < -0.3 is 5.11 Å². The third-order valence-electron chi connectivity index (χ3n) is 2.55. The zero-order valence-electron chi connectivity index (χ0n) is 9.83. The van der Waals surface area contributed by atoms with E-state index in [2.05, 4.69) is 4.98 Å². The standard InChI is InChI=1S/C13H7Cl4NO2/c14-9-3-7(4-10(15)12(9)16)8-1-6(2-11(19)20)5-18-13(8)17/h1,3-5H,2H2,(H,19,20). The molecule has 1 aromatic carbocycles. The van der Waals surface area contributed by atoms with Crippen LogP contribution >= 0.6 is 46.4 Å². The summed E-state index contributed by atoms with van der Waals surface area (Å²) in [5.41, 5.74) is 1.69. The molecule has 0 saturated carbocycles. The minimum Gasteiger partial charge on any atom is -0.481 e. The zero-order valence-corrected chi connectivity index (χ0v) is 12.9. The molecule has 0 bridgehead atoms. The van der Waals surface area contributed by atoms with Gasteiger partial charge in [0.25, 0.3) is 0 Å². The van der Waals surface area contributed by atoms with Crippen LogP contribution in [0, 0.1) is 0 Å². The number of nitrogens with zero attached hydrogens (tertiary/aromatic N) is 1. The summed E-state index contributed by atoms with van der Waals surface area (Å²) in [6.45, 7) is 0. The van der Waals surface area contributed by atoms with Crippen molar-refractivity contribution in [2.75, 3.05) is 0 Å². The van der Waals surface area contributed by atoms with Gasteiger partial charge in [-0.05, 0) is 29.3 Å². The van der Waals surface area contributed by atoms with E-state index in [1.54, 1.807) is 18.2 Å². The quantitative estimate of drug-likeness (QED) is 0.626. The summed E-state index contributed by atoms with van der Waals surface area (Å²) in [4.78, 5) is 14.7. The Kier molecular flexibility index (Phi) is 4.76. The molecule has 7 heteroatoms. The number of rotatable bonds is 3. The fourth-order valence-corrected chi connectivity index (χ4v) is 2.48. The number of aromatic nitrogens is 1. The minimum absolute atomic E-state index is 0.147. The molecule has 104 valence electrons. The highest BCUT2D eigenvalue weighted by Gasteiger charge is 2.12. The molecule has 0 radical (unpaired) electrons. The first-order valence-corrected chi connectivity index (χ1v) is 6.91. The highest BCUT2D eigenvalue weighted by molar-refractivity contribution is 6.48. The molecule has 0 spiro atoms. The zero-order chi connectivity index (χ0) is 14.9. The number of carbonyl (C=O) groups is 1. The molecule has 1 heterocycles. The number of pyridine rings is 1. The van der Waals surface area contributed by atoms with Crippen LogP contribution in [-0.4, -0.2) is 16.1 Å². The number of aliphatic carboxylic acids is 1. The molecule has 0 saturated heterocycles. The number of carboxylic acids is 1. The molecular weight excluding hydrogens is 344 g/mol. The van der Waals surface area contributed by atoms with Crippen LogP contribution in [0.5, 0.6) is 0 Å². The van der Waals surface area contributed by atoms with E-state index in [1.807, 2.05) is 0 Å². The summed E-state index contributed by atoms with van der Waals surface area (Å²) >= 11 is 23.9. The van der Waals surface area contributed by atoms with Crippen molar-refractivity contribution in [3.63, 3.8) is 0 Å². The van der Waals surface area contributed by atoms with Crippen LogP contribution in [0.4, 0.5) is 0 Å².